The molecular formula is C21H23N5OS. The molecule has 0 bridgehead atoms. The lowest BCUT2D eigenvalue weighted by molar-refractivity contribution is -0.119. The van der Waals surface area contributed by atoms with Crippen molar-refractivity contribution in [3.05, 3.63) is 35.0 Å². The number of thiophene rings is 1. The van der Waals surface area contributed by atoms with E-state index >= 15 is 0 Å². The molecule has 144 valence electrons. The number of nitrogens with zero attached hydrogens (tertiary/aromatic N) is 3. The first-order valence-electron chi connectivity index (χ1n) is 10.0. The summed E-state index contributed by atoms with van der Waals surface area (Å²) in [7, 11) is 0. The lowest BCUT2D eigenvalue weighted by Gasteiger charge is -2.13. The summed E-state index contributed by atoms with van der Waals surface area (Å²) in [5.74, 6) is 2.12. The third-order valence-corrected chi connectivity index (χ3v) is 6.62. The Balaban J connectivity index is 1.48. The van der Waals surface area contributed by atoms with Gasteiger partial charge in [-0.2, -0.15) is 0 Å². The Kier molecular flexibility index (Phi) is 4.68. The Labute approximate surface area is 167 Å². The van der Waals surface area contributed by atoms with Crippen LogP contribution in [0.25, 0.3) is 21.6 Å². The van der Waals surface area contributed by atoms with E-state index in [1.807, 2.05) is 12.1 Å². The van der Waals surface area contributed by atoms with E-state index in [1.165, 1.54) is 36.1 Å². The Morgan fingerprint density at radius 1 is 1.21 bits per heavy atom. The lowest BCUT2D eigenvalue weighted by Crippen LogP contribution is -2.31. The summed E-state index contributed by atoms with van der Waals surface area (Å²) in [5.41, 5.74) is 2.25. The van der Waals surface area contributed by atoms with Gasteiger partial charge < -0.3 is 10.6 Å². The van der Waals surface area contributed by atoms with Crippen LogP contribution >= 0.6 is 11.3 Å². The Hall–Kier alpha value is -2.54. The molecule has 1 saturated carbocycles. The van der Waals surface area contributed by atoms with Gasteiger partial charge in [-0.1, -0.05) is 0 Å². The average molecular weight is 394 g/mol. The molecule has 28 heavy (non-hydrogen) atoms. The van der Waals surface area contributed by atoms with Gasteiger partial charge >= 0.3 is 0 Å². The van der Waals surface area contributed by atoms with Crippen LogP contribution in [0, 0.1) is 5.92 Å². The predicted molar refractivity (Wildman–Crippen MR) is 112 cm³/mol. The number of anilines is 1. The Morgan fingerprint density at radius 2 is 2.11 bits per heavy atom. The fourth-order valence-electron chi connectivity index (χ4n) is 3.72. The number of aromatic nitrogens is 3. The molecule has 1 fully saturated rings. The lowest BCUT2D eigenvalue weighted by atomic mass is 9.97. The zero-order chi connectivity index (χ0) is 18.9. The minimum Gasteiger partial charge on any atom is -0.360 e. The number of amides is 1. The van der Waals surface area contributed by atoms with E-state index in [-0.39, 0.29) is 12.5 Å². The maximum atomic E-state index is 12.2. The number of hydrogen-bond acceptors (Lipinski definition) is 6. The normalized spacial score (nSPS) is 16.0. The number of carbonyl (C=O) groups excluding carboxylic acids is 1. The fourth-order valence-corrected chi connectivity index (χ4v) is 4.98. The molecule has 7 heteroatoms. The van der Waals surface area contributed by atoms with Gasteiger partial charge in [-0.15, -0.1) is 11.3 Å². The largest absolute Gasteiger partial charge is 0.360 e. The number of fused-ring (bicyclic) bond motifs is 3. The van der Waals surface area contributed by atoms with Crippen LogP contribution in [-0.4, -0.2) is 33.9 Å². The highest BCUT2D eigenvalue weighted by Gasteiger charge is 2.23. The molecule has 0 aromatic carbocycles. The molecule has 0 radical (unpaired) electrons. The number of aryl methyl sites for hydroxylation is 2. The summed E-state index contributed by atoms with van der Waals surface area (Å²) >= 11 is 1.77. The standard InChI is InChI=1S/C21H23N5OS/c27-17(23-10-13-7-8-13)12-24-20-18-15-5-1-2-6-16(15)28-21(18)26-19(25-20)14-4-3-9-22-11-14/h3-4,9,11,13H,1-2,5-8,10,12H2,(H,23,27)(H,24,25,26). The summed E-state index contributed by atoms with van der Waals surface area (Å²) in [6, 6.07) is 3.86. The topological polar surface area (TPSA) is 79.8 Å². The van der Waals surface area contributed by atoms with Gasteiger partial charge in [-0.25, -0.2) is 9.97 Å². The zero-order valence-corrected chi connectivity index (χ0v) is 16.5. The van der Waals surface area contributed by atoms with Crippen molar-refractivity contribution in [2.45, 2.75) is 38.5 Å². The zero-order valence-electron chi connectivity index (χ0n) is 15.7. The molecule has 2 N–H and O–H groups in total. The summed E-state index contributed by atoms with van der Waals surface area (Å²) < 4.78 is 0. The van der Waals surface area contributed by atoms with E-state index in [1.54, 1.807) is 23.7 Å². The summed E-state index contributed by atoms with van der Waals surface area (Å²) in [5, 5.41) is 7.41. The molecule has 0 aliphatic heterocycles. The predicted octanol–water partition coefficient (Wildman–Crippen LogP) is 3.57. The van der Waals surface area contributed by atoms with Crippen molar-refractivity contribution >= 4 is 33.3 Å². The molecule has 5 rings (SSSR count). The van der Waals surface area contributed by atoms with Crippen LogP contribution in [0.2, 0.25) is 0 Å². The van der Waals surface area contributed by atoms with Crippen molar-refractivity contribution in [2.24, 2.45) is 5.92 Å². The molecule has 0 atom stereocenters. The maximum absolute atomic E-state index is 12.2. The number of carbonyl (C=O) groups is 1. The van der Waals surface area contributed by atoms with Gasteiger partial charge in [0.1, 0.15) is 10.6 Å². The van der Waals surface area contributed by atoms with Crippen LogP contribution in [0.3, 0.4) is 0 Å². The first kappa shape index (κ1) is 17.6. The summed E-state index contributed by atoms with van der Waals surface area (Å²) in [4.78, 5) is 28.5. The molecule has 6 nitrogen and oxygen atoms in total. The Bertz CT molecular complexity index is 1010. The molecule has 3 aromatic rings. The first-order chi connectivity index (χ1) is 13.8. The van der Waals surface area contributed by atoms with Crippen LogP contribution in [0.5, 0.6) is 0 Å². The van der Waals surface area contributed by atoms with Gasteiger partial charge in [0.15, 0.2) is 5.82 Å². The quantitative estimate of drug-likeness (QED) is 0.669. The number of pyridine rings is 1. The van der Waals surface area contributed by atoms with Crippen molar-refractivity contribution in [1.29, 1.82) is 0 Å². The first-order valence-corrected chi connectivity index (χ1v) is 10.8. The highest BCUT2D eigenvalue weighted by molar-refractivity contribution is 7.19. The minimum absolute atomic E-state index is 0.0192. The number of nitrogens with one attached hydrogen (secondary N) is 2. The third kappa shape index (κ3) is 3.58. The molecular weight excluding hydrogens is 370 g/mol. The fraction of sp³-hybridized carbons (Fsp3) is 0.429. The molecule has 0 spiro atoms. The van der Waals surface area contributed by atoms with Crippen molar-refractivity contribution in [3.8, 4) is 11.4 Å². The average Bonchev–Trinajstić information content (AvgIpc) is 3.49. The van der Waals surface area contributed by atoms with Gasteiger partial charge in [0.25, 0.3) is 0 Å². The van der Waals surface area contributed by atoms with Gasteiger partial charge in [-0.3, -0.25) is 9.78 Å². The SMILES string of the molecule is O=C(CNc1nc(-c2cccnc2)nc2sc3c(c12)CCCC3)NCC1CC1. The van der Waals surface area contributed by atoms with Gasteiger partial charge in [0.2, 0.25) is 5.91 Å². The molecule has 2 aliphatic carbocycles. The van der Waals surface area contributed by atoms with Crippen molar-refractivity contribution in [3.63, 3.8) is 0 Å². The van der Waals surface area contributed by atoms with E-state index in [0.717, 1.165) is 41.0 Å². The van der Waals surface area contributed by atoms with Crippen molar-refractivity contribution in [1.82, 2.24) is 20.3 Å². The third-order valence-electron chi connectivity index (χ3n) is 5.44. The van der Waals surface area contributed by atoms with Gasteiger partial charge in [-0.05, 0) is 62.1 Å². The Morgan fingerprint density at radius 3 is 2.93 bits per heavy atom. The van der Waals surface area contributed by atoms with Crippen LogP contribution in [0.1, 0.15) is 36.1 Å². The summed E-state index contributed by atoms with van der Waals surface area (Å²) in [6.45, 7) is 1.02. The van der Waals surface area contributed by atoms with Crippen LogP contribution in [-0.2, 0) is 17.6 Å². The second-order valence-corrected chi connectivity index (χ2v) is 8.71. The number of rotatable bonds is 6. The second-order valence-electron chi connectivity index (χ2n) is 7.63. The molecule has 0 saturated heterocycles. The van der Waals surface area contributed by atoms with Crippen LogP contribution in [0.15, 0.2) is 24.5 Å². The molecule has 3 aromatic heterocycles. The van der Waals surface area contributed by atoms with Gasteiger partial charge in [0, 0.05) is 29.4 Å². The molecule has 0 unspecified atom stereocenters. The maximum Gasteiger partial charge on any atom is 0.239 e. The second kappa shape index (κ2) is 7.47. The van der Waals surface area contributed by atoms with Gasteiger partial charge in [0.05, 0.1) is 11.9 Å². The summed E-state index contributed by atoms with van der Waals surface area (Å²) in [6.07, 6.45) is 10.6. The van der Waals surface area contributed by atoms with Crippen LogP contribution < -0.4 is 10.6 Å². The van der Waals surface area contributed by atoms with Crippen molar-refractivity contribution in [2.75, 3.05) is 18.4 Å². The molecule has 2 aliphatic rings. The minimum atomic E-state index is 0.0192. The molecule has 3 heterocycles. The monoisotopic (exact) mass is 393 g/mol. The van der Waals surface area contributed by atoms with E-state index in [0.29, 0.717) is 11.7 Å². The smallest absolute Gasteiger partial charge is 0.239 e. The van der Waals surface area contributed by atoms with E-state index in [2.05, 4.69) is 15.6 Å². The number of hydrogen-bond donors (Lipinski definition) is 2. The highest BCUT2D eigenvalue weighted by atomic mass is 32.1. The van der Waals surface area contributed by atoms with Crippen molar-refractivity contribution < 1.29 is 4.79 Å². The van der Waals surface area contributed by atoms with Crippen LogP contribution in [0.4, 0.5) is 5.82 Å². The van der Waals surface area contributed by atoms with E-state index in [4.69, 9.17) is 9.97 Å². The highest BCUT2D eigenvalue weighted by Crippen LogP contribution is 2.39. The molecule has 1 amide bonds. The van der Waals surface area contributed by atoms with E-state index in [9.17, 15) is 4.79 Å². The van der Waals surface area contributed by atoms with E-state index < -0.39 is 0 Å².